The second-order valence-corrected chi connectivity index (χ2v) is 8.63. The normalized spacial score (nSPS) is 15.6. The molecule has 3 aromatic rings. The molecule has 0 saturated carbocycles. The van der Waals surface area contributed by atoms with Gasteiger partial charge in [-0.15, -0.1) is 6.58 Å². The van der Waals surface area contributed by atoms with Crippen LogP contribution in [-0.2, 0) is 22.6 Å². The summed E-state index contributed by atoms with van der Waals surface area (Å²) in [6.07, 6.45) is 3.68. The van der Waals surface area contributed by atoms with Crippen molar-refractivity contribution in [2.45, 2.75) is 13.0 Å². The lowest BCUT2D eigenvalue weighted by Gasteiger charge is -2.29. The number of thiocarbonyl (C=S) groups is 1. The summed E-state index contributed by atoms with van der Waals surface area (Å²) in [7, 11) is 0. The second-order valence-electron chi connectivity index (χ2n) is 8.25. The van der Waals surface area contributed by atoms with Gasteiger partial charge in [-0.2, -0.15) is 0 Å². The minimum absolute atomic E-state index is 0.0389. The Morgan fingerprint density at radius 3 is 2.70 bits per heavy atom. The van der Waals surface area contributed by atoms with Crippen molar-refractivity contribution in [2.24, 2.45) is 0 Å². The molecule has 2 heterocycles. The predicted molar refractivity (Wildman–Crippen MR) is 140 cm³/mol. The smallest absolute Gasteiger partial charge is 0.270 e. The lowest BCUT2D eigenvalue weighted by atomic mass is 10.0. The summed E-state index contributed by atoms with van der Waals surface area (Å²) < 4.78 is 31.2. The number of anilines is 1. The molecule has 2 aliphatic heterocycles. The van der Waals surface area contributed by atoms with E-state index in [2.05, 4.69) is 11.9 Å². The number of halogens is 1. The van der Waals surface area contributed by atoms with Gasteiger partial charge >= 0.3 is 0 Å². The zero-order chi connectivity index (χ0) is 25.9. The van der Waals surface area contributed by atoms with Crippen molar-refractivity contribution in [1.29, 1.82) is 0 Å². The molecule has 7 nitrogen and oxygen atoms in total. The summed E-state index contributed by atoms with van der Waals surface area (Å²) in [4.78, 5) is 26.8. The Hall–Kier alpha value is -4.50. The number of rotatable bonds is 7. The van der Waals surface area contributed by atoms with Gasteiger partial charge in [-0.1, -0.05) is 30.3 Å². The Labute approximate surface area is 217 Å². The van der Waals surface area contributed by atoms with Gasteiger partial charge in [0.05, 0.1) is 5.69 Å². The van der Waals surface area contributed by atoms with Crippen LogP contribution in [0.4, 0.5) is 10.1 Å². The maximum Gasteiger partial charge on any atom is 0.270 e. The predicted octanol–water partition coefficient (Wildman–Crippen LogP) is 4.69. The molecule has 1 N–H and O–H groups in total. The van der Waals surface area contributed by atoms with E-state index in [4.69, 9.17) is 26.4 Å². The van der Waals surface area contributed by atoms with Crippen LogP contribution in [0.25, 0.3) is 6.08 Å². The highest BCUT2D eigenvalue weighted by atomic mass is 32.1. The van der Waals surface area contributed by atoms with Crippen LogP contribution in [0.3, 0.4) is 0 Å². The molecule has 0 unspecified atom stereocenters. The van der Waals surface area contributed by atoms with Crippen molar-refractivity contribution < 1.29 is 28.2 Å². The molecule has 2 amide bonds. The van der Waals surface area contributed by atoms with Crippen LogP contribution in [0.5, 0.6) is 17.2 Å². The molecule has 186 valence electrons. The standard InChI is InChI=1S/C28H21FN2O5S/c1-2-5-19-12-17(8-10-23(19)34-15-18-9-11-24-25(14-18)36-16-35-24)13-20-26(32)30-28(37)31(27(20)33)22-7-4-3-6-21(22)29/h2-4,6-14H,1,5,15-16H2,(H,30,32,37)/b20-13+. The average Bonchev–Trinajstić information content (AvgIpc) is 3.35. The Kier molecular flexibility index (Phi) is 6.70. The third-order valence-electron chi connectivity index (χ3n) is 5.79. The molecule has 0 bridgehead atoms. The van der Waals surface area contributed by atoms with Crippen molar-refractivity contribution in [2.75, 3.05) is 11.7 Å². The number of nitrogens with zero attached hydrogens (tertiary/aromatic N) is 1. The first-order valence-electron chi connectivity index (χ1n) is 11.4. The van der Waals surface area contributed by atoms with E-state index in [1.165, 1.54) is 24.3 Å². The van der Waals surface area contributed by atoms with Crippen LogP contribution in [0, 0.1) is 5.82 Å². The summed E-state index contributed by atoms with van der Waals surface area (Å²) in [6.45, 7) is 4.31. The largest absolute Gasteiger partial charge is 0.489 e. The van der Waals surface area contributed by atoms with Crippen LogP contribution in [0.15, 0.2) is 78.9 Å². The molecule has 1 fully saturated rings. The SMILES string of the molecule is C=CCc1cc(/C=C2\C(=O)NC(=S)N(c3ccccc3F)C2=O)ccc1OCc1ccc2c(c1)OCO2. The maximum atomic E-state index is 14.4. The van der Waals surface area contributed by atoms with E-state index in [0.717, 1.165) is 16.0 Å². The van der Waals surface area contributed by atoms with Crippen LogP contribution >= 0.6 is 12.2 Å². The lowest BCUT2D eigenvalue weighted by molar-refractivity contribution is -0.122. The van der Waals surface area contributed by atoms with Gasteiger partial charge in [0.1, 0.15) is 23.7 Å². The lowest BCUT2D eigenvalue weighted by Crippen LogP contribution is -2.54. The minimum Gasteiger partial charge on any atom is -0.489 e. The second kappa shape index (κ2) is 10.2. The molecule has 0 spiro atoms. The van der Waals surface area contributed by atoms with Crippen LogP contribution < -0.4 is 24.4 Å². The highest BCUT2D eigenvalue weighted by Crippen LogP contribution is 2.33. The Morgan fingerprint density at radius 1 is 1.08 bits per heavy atom. The van der Waals surface area contributed by atoms with Gasteiger partial charge < -0.3 is 14.2 Å². The van der Waals surface area contributed by atoms with Crippen molar-refractivity contribution in [3.63, 3.8) is 0 Å². The number of benzene rings is 3. The van der Waals surface area contributed by atoms with Crippen molar-refractivity contribution in [3.8, 4) is 17.2 Å². The number of allylic oxidation sites excluding steroid dienone is 1. The molecule has 3 aromatic carbocycles. The fourth-order valence-electron chi connectivity index (χ4n) is 4.01. The van der Waals surface area contributed by atoms with Crippen molar-refractivity contribution in [1.82, 2.24) is 5.32 Å². The molecule has 5 rings (SSSR count). The van der Waals surface area contributed by atoms with Gasteiger partial charge in [0.15, 0.2) is 16.6 Å². The molecule has 0 atom stereocenters. The maximum absolute atomic E-state index is 14.4. The number of carbonyl (C=O) groups is 2. The van der Waals surface area contributed by atoms with Crippen LogP contribution in [0.1, 0.15) is 16.7 Å². The number of hydrogen-bond donors (Lipinski definition) is 1. The molecule has 9 heteroatoms. The summed E-state index contributed by atoms with van der Waals surface area (Å²) >= 11 is 5.15. The fraction of sp³-hybridized carbons (Fsp3) is 0.107. The summed E-state index contributed by atoms with van der Waals surface area (Å²) in [5, 5.41) is 2.28. The van der Waals surface area contributed by atoms with E-state index < -0.39 is 17.6 Å². The highest BCUT2D eigenvalue weighted by molar-refractivity contribution is 7.80. The third-order valence-corrected chi connectivity index (χ3v) is 6.07. The zero-order valence-electron chi connectivity index (χ0n) is 19.5. The number of carbonyl (C=O) groups excluding carboxylic acids is 2. The van der Waals surface area contributed by atoms with Gasteiger partial charge in [-0.3, -0.25) is 14.9 Å². The number of para-hydroxylation sites is 1. The molecule has 37 heavy (non-hydrogen) atoms. The van der Waals surface area contributed by atoms with Crippen molar-refractivity contribution in [3.05, 3.63) is 101 Å². The number of ether oxygens (including phenoxy) is 3. The van der Waals surface area contributed by atoms with E-state index in [1.54, 1.807) is 24.3 Å². The van der Waals surface area contributed by atoms with E-state index in [9.17, 15) is 14.0 Å². The number of fused-ring (bicyclic) bond motifs is 1. The topological polar surface area (TPSA) is 77.1 Å². The molecular formula is C28H21FN2O5S. The van der Waals surface area contributed by atoms with E-state index in [-0.39, 0.29) is 23.2 Å². The number of nitrogens with one attached hydrogen (secondary N) is 1. The average molecular weight is 517 g/mol. The molecule has 1 saturated heterocycles. The summed E-state index contributed by atoms with van der Waals surface area (Å²) in [6, 6.07) is 16.6. The van der Waals surface area contributed by atoms with E-state index in [1.807, 2.05) is 24.3 Å². The first kappa shape index (κ1) is 24.2. The van der Waals surface area contributed by atoms with Crippen LogP contribution in [-0.4, -0.2) is 23.7 Å². The first-order valence-corrected chi connectivity index (χ1v) is 11.8. The molecule has 0 aromatic heterocycles. The van der Waals surface area contributed by atoms with Gasteiger partial charge in [-0.25, -0.2) is 9.29 Å². The molecule has 0 radical (unpaired) electrons. The fourth-order valence-corrected chi connectivity index (χ4v) is 4.29. The first-order chi connectivity index (χ1) is 17.9. The van der Waals surface area contributed by atoms with Gasteiger partial charge in [0.25, 0.3) is 11.8 Å². The Morgan fingerprint density at radius 2 is 1.89 bits per heavy atom. The number of amides is 2. The van der Waals surface area contributed by atoms with Crippen molar-refractivity contribution >= 4 is 40.9 Å². The van der Waals surface area contributed by atoms with Crippen LogP contribution in [0.2, 0.25) is 0 Å². The summed E-state index contributed by atoms with van der Waals surface area (Å²) in [5.74, 6) is 0.000293. The van der Waals surface area contributed by atoms with E-state index in [0.29, 0.717) is 35.8 Å². The molecular weight excluding hydrogens is 495 g/mol. The zero-order valence-corrected chi connectivity index (χ0v) is 20.3. The molecule has 0 aliphatic carbocycles. The highest BCUT2D eigenvalue weighted by Gasteiger charge is 2.35. The number of hydrogen-bond acceptors (Lipinski definition) is 6. The Balaban J connectivity index is 1.40. The Bertz CT molecular complexity index is 1470. The minimum atomic E-state index is -0.716. The monoisotopic (exact) mass is 516 g/mol. The summed E-state index contributed by atoms with van der Waals surface area (Å²) in [5.41, 5.74) is 2.11. The third kappa shape index (κ3) is 4.94. The van der Waals surface area contributed by atoms with Gasteiger partial charge in [-0.05, 0) is 77.8 Å². The van der Waals surface area contributed by atoms with Gasteiger partial charge in [0.2, 0.25) is 6.79 Å². The van der Waals surface area contributed by atoms with Gasteiger partial charge in [0, 0.05) is 0 Å². The quantitative estimate of drug-likeness (QED) is 0.213. The van der Waals surface area contributed by atoms with E-state index >= 15 is 0 Å². The molecule has 2 aliphatic rings.